The smallest absolute Gasteiger partial charge is 0.206 e. The van der Waals surface area contributed by atoms with Gasteiger partial charge in [0.25, 0.3) is 0 Å². The molecule has 0 fully saturated rings. The van der Waals surface area contributed by atoms with Crippen LogP contribution in [-0.4, -0.2) is 28.0 Å². The number of halogens is 1. The Morgan fingerprint density at radius 1 is 1.50 bits per heavy atom. The van der Waals surface area contributed by atoms with Crippen molar-refractivity contribution in [3.8, 4) is 0 Å². The Morgan fingerprint density at radius 2 is 2.14 bits per heavy atom. The standard InChI is InChI=1S/C8H14BrN3OS/c1-8(2,3)5(13)4-10-7-12-11-6(9)14-7/h5,13H,4H2,1-3H3,(H,10,12). The molecular formula is C8H14BrN3OS. The van der Waals surface area contributed by atoms with Gasteiger partial charge in [0.15, 0.2) is 3.92 Å². The highest BCUT2D eigenvalue weighted by atomic mass is 79.9. The number of nitrogens with zero attached hydrogens (tertiary/aromatic N) is 2. The first kappa shape index (κ1) is 11.9. The molecule has 1 atom stereocenters. The third-order valence-electron chi connectivity index (χ3n) is 1.85. The van der Waals surface area contributed by atoms with Crippen LogP contribution in [0.15, 0.2) is 3.92 Å². The minimum Gasteiger partial charge on any atom is -0.391 e. The van der Waals surface area contributed by atoms with Crippen molar-refractivity contribution in [1.82, 2.24) is 10.2 Å². The van der Waals surface area contributed by atoms with E-state index in [2.05, 4.69) is 31.4 Å². The third-order valence-corrected chi connectivity index (χ3v) is 3.16. The molecule has 0 aliphatic rings. The van der Waals surface area contributed by atoms with Gasteiger partial charge in [-0.15, -0.1) is 10.2 Å². The Labute approximate surface area is 95.9 Å². The van der Waals surface area contributed by atoms with Crippen molar-refractivity contribution < 1.29 is 5.11 Å². The van der Waals surface area contributed by atoms with Gasteiger partial charge in [0, 0.05) is 6.54 Å². The molecule has 0 bridgehead atoms. The van der Waals surface area contributed by atoms with Crippen LogP contribution in [0.5, 0.6) is 0 Å². The van der Waals surface area contributed by atoms with Crippen molar-refractivity contribution in [2.45, 2.75) is 26.9 Å². The second-order valence-corrected chi connectivity index (χ2v) is 6.38. The SMILES string of the molecule is CC(C)(C)C(O)CNc1nnc(Br)s1. The van der Waals surface area contributed by atoms with E-state index in [0.29, 0.717) is 6.54 Å². The number of aromatic nitrogens is 2. The molecule has 1 heterocycles. The van der Waals surface area contributed by atoms with Crippen molar-refractivity contribution in [2.75, 3.05) is 11.9 Å². The number of rotatable bonds is 3. The van der Waals surface area contributed by atoms with Crippen molar-refractivity contribution in [3.63, 3.8) is 0 Å². The Bertz CT molecular complexity index is 297. The Hall–Kier alpha value is -0.200. The summed E-state index contributed by atoms with van der Waals surface area (Å²) in [7, 11) is 0. The molecule has 1 aromatic heterocycles. The number of hydrogen-bond donors (Lipinski definition) is 2. The highest BCUT2D eigenvalue weighted by molar-refractivity contribution is 9.11. The quantitative estimate of drug-likeness (QED) is 0.890. The van der Waals surface area contributed by atoms with E-state index in [4.69, 9.17) is 0 Å². The fourth-order valence-corrected chi connectivity index (χ4v) is 1.78. The predicted octanol–water partition coefficient (Wildman–Crippen LogP) is 2.12. The van der Waals surface area contributed by atoms with Gasteiger partial charge < -0.3 is 10.4 Å². The molecule has 0 spiro atoms. The fourth-order valence-electron chi connectivity index (χ4n) is 0.767. The molecule has 0 aromatic carbocycles. The van der Waals surface area contributed by atoms with E-state index < -0.39 is 6.10 Å². The van der Waals surface area contributed by atoms with Gasteiger partial charge in [-0.3, -0.25) is 0 Å². The van der Waals surface area contributed by atoms with Crippen LogP contribution in [0, 0.1) is 5.41 Å². The van der Waals surface area contributed by atoms with Crippen LogP contribution in [0.25, 0.3) is 0 Å². The third kappa shape index (κ3) is 3.51. The molecule has 6 heteroatoms. The number of aliphatic hydroxyl groups is 1. The second-order valence-electron chi connectivity index (χ2n) is 4.12. The first-order chi connectivity index (χ1) is 6.39. The maximum Gasteiger partial charge on any atom is 0.206 e. The molecule has 80 valence electrons. The van der Waals surface area contributed by atoms with E-state index >= 15 is 0 Å². The molecule has 1 unspecified atom stereocenters. The first-order valence-corrected chi connectivity index (χ1v) is 5.91. The van der Waals surface area contributed by atoms with Crippen molar-refractivity contribution in [3.05, 3.63) is 3.92 Å². The van der Waals surface area contributed by atoms with Crippen LogP contribution >= 0.6 is 27.3 Å². The van der Waals surface area contributed by atoms with Crippen LogP contribution < -0.4 is 5.32 Å². The van der Waals surface area contributed by atoms with Gasteiger partial charge in [0.1, 0.15) is 0 Å². The number of hydrogen-bond acceptors (Lipinski definition) is 5. The summed E-state index contributed by atoms with van der Waals surface area (Å²) in [5.41, 5.74) is -0.116. The van der Waals surface area contributed by atoms with Crippen molar-refractivity contribution in [1.29, 1.82) is 0 Å². The summed E-state index contributed by atoms with van der Waals surface area (Å²) in [6, 6.07) is 0. The lowest BCUT2D eigenvalue weighted by Crippen LogP contribution is -2.32. The molecule has 2 N–H and O–H groups in total. The Balaban J connectivity index is 2.41. The van der Waals surface area contributed by atoms with Crippen LogP contribution in [0.2, 0.25) is 0 Å². The summed E-state index contributed by atoms with van der Waals surface area (Å²) in [6.07, 6.45) is -0.398. The molecule has 14 heavy (non-hydrogen) atoms. The van der Waals surface area contributed by atoms with Crippen LogP contribution in [0.3, 0.4) is 0 Å². The maximum atomic E-state index is 9.74. The topological polar surface area (TPSA) is 58.0 Å². The Morgan fingerprint density at radius 3 is 2.57 bits per heavy atom. The Kier molecular flexibility index (Phi) is 3.86. The predicted molar refractivity (Wildman–Crippen MR) is 61.6 cm³/mol. The van der Waals surface area contributed by atoms with Gasteiger partial charge in [-0.05, 0) is 21.3 Å². The lowest BCUT2D eigenvalue weighted by atomic mass is 9.89. The number of anilines is 1. The van der Waals surface area contributed by atoms with Gasteiger partial charge in [-0.2, -0.15) is 0 Å². The maximum absolute atomic E-state index is 9.74. The van der Waals surface area contributed by atoms with E-state index in [0.717, 1.165) is 9.05 Å². The lowest BCUT2D eigenvalue weighted by molar-refractivity contribution is 0.0746. The summed E-state index contributed by atoms with van der Waals surface area (Å²) >= 11 is 4.63. The van der Waals surface area contributed by atoms with Gasteiger partial charge >= 0.3 is 0 Å². The lowest BCUT2D eigenvalue weighted by Gasteiger charge is -2.25. The summed E-state index contributed by atoms with van der Waals surface area (Å²) in [5, 5.41) is 21.2. The summed E-state index contributed by atoms with van der Waals surface area (Å²) < 4.78 is 0.741. The average Bonchev–Trinajstić information content (AvgIpc) is 2.45. The molecule has 4 nitrogen and oxygen atoms in total. The van der Waals surface area contributed by atoms with Crippen molar-refractivity contribution in [2.24, 2.45) is 5.41 Å². The van der Waals surface area contributed by atoms with E-state index in [9.17, 15) is 5.11 Å². The van der Waals surface area contributed by atoms with E-state index in [1.54, 1.807) is 0 Å². The summed E-state index contributed by atoms with van der Waals surface area (Å²) in [6.45, 7) is 6.48. The monoisotopic (exact) mass is 279 g/mol. The average molecular weight is 280 g/mol. The van der Waals surface area contributed by atoms with E-state index in [1.807, 2.05) is 20.8 Å². The van der Waals surface area contributed by atoms with Crippen LogP contribution in [0.1, 0.15) is 20.8 Å². The van der Waals surface area contributed by atoms with E-state index in [1.165, 1.54) is 11.3 Å². The van der Waals surface area contributed by atoms with E-state index in [-0.39, 0.29) is 5.41 Å². The van der Waals surface area contributed by atoms with Crippen LogP contribution in [0.4, 0.5) is 5.13 Å². The largest absolute Gasteiger partial charge is 0.391 e. The molecule has 0 amide bonds. The molecule has 0 radical (unpaired) electrons. The van der Waals surface area contributed by atoms with Gasteiger partial charge in [-0.1, -0.05) is 32.1 Å². The molecule has 1 rings (SSSR count). The second kappa shape index (κ2) is 4.55. The molecule has 0 aliphatic carbocycles. The molecule has 0 aliphatic heterocycles. The summed E-state index contributed by atoms with van der Waals surface area (Å²) in [5.74, 6) is 0. The highest BCUT2D eigenvalue weighted by Crippen LogP contribution is 2.22. The fraction of sp³-hybridized carbons (Fsp3) is 0.750. The highest BCUT2D eigenvalue weighted by Gasteiger charge is 2.21. The van der Waals surface area contributed by atoms with Gasteiger partial charge in [-0.25, -0.2) is 0 Å². The van der Waals surface area contributed by atoms with Gasteiger partial charge in [0.2, 0.25) is 5.13 Å². The zero-order valence-electron chi connectivity index (χ0n) is 8.41. The number of nitrogens with one attached hydrogen (secondary N) is 1. The van der Waals surface area contributed by atoms with Crippen molar-refractivity contribution >= 4 is 32.4 Å². The first-order valence-electron chi connectivity index (χ1n) is 4.30. The van der Waals surface area contributed by atoms with Gasteiger partial charge in [0.05, 0.1) is 6.10 Å². The minimum atomic E-state index is -0.398. The normalized spacial score (nSPS) is 14.1. The number of aliphatic hydroxyl groups excluding tert-OH is 1. The minimum absolute atomic E-state index is 0.116. The zero-order chi connectivity index (χ0) is 10.8. The summed E-state index contributed by atoms with van der Waals surface area (Å²) in [4.78, 5) is 0. The molecular weight excluding hydrogens is 266 g/mol. The zero-order valence-corrected chi connectivity index (χ0v) is 10.8. The molecule has 0 saturated heterocycles. The molecule has 0 saturated carbocycles. The van der Waals surface area contributed by atoms with Crippen LogP contribution in [-0.2, 0) is 0 Å². The molecule has 1 aromatic rings.